The van der Waals surface area contributed by atoms with Crippen molar-refractivity contribution >= 4 is 16.8 Å². The van der Waals surface area contributed by atoms with Crippen molar-refractivity contribution in [3.63, 3.8) is 0 Å². The van der Waals surface area contributed by atoms with Crippen molar-refractivity contribution in [1.82, 2.24) is 14.9 Å². The SMILES string of the molecule is O=C(c1ccccc1)N(CCC(c1ccccc1)c1ccccc1)Cc1coc(-c2cccc3[nH]ccc23)n1. The molecule has 0 radical (unpaired) electrons. The van der Waals surface area contributed by atoms with Crippen LogP contribution in [0.15, 0.2) is 132 Å². The van der Waals surface area contributed by atoms with Crippen LogP contribution in [-0.4, -0.2) is 27.3 Å². The highest BCUT2D eigenvalue weighted by atomic mass is 16.3. The number of nitrogens with one attached hydrogen (secondary N) is 1. The van der Waals surface area contributed by atoms with E-state index in [1.54, 1.807) is 6.26 Å². The minimum Gasteiger partial charge on any atom is -0.444 e. The topological polar surface area (TPSA) is 62.1 Å². The van der Waals surface area contributed by atoms with E-state index in [1.165, 1.54) is 11.1 Å². The van der Waals surface area contributed by atoms with E-state index in [1.807, 2.05) is 77.8 Å². The van der Waals surface area contributed by atoms with Crippen molar-refractivity contribution in [3.05, 3.63) is 150 Å². The van der Waals surface area contributed by atoms with Crippen LogP contribution in [0.1, 0.15) is 39.5 Å². The monoisotopic (exact) mass is 511 g/mol. The smallest absolute Gasteiger partial charge is 0.254 e. The van der Waals surface area contributed by atoms with Crippen LogP contribution in [0.5, 0.6) is 0 Å². The quantitative estimate of drug-likeness (QED) is 0.216. The highest BCUT2D eigenvalue weighted by Crippen LogP contribution is 2.30. The molecule has 6 rings (SSSR count). The van der Waals surface area contributed by atoms with Gasteiger partial charge in [0.2, 0.25) is 5.89 Å². The maximum atomic E-state index is 13.7. The molecular formula is C34H29N3O2. The van der Waals surface area contributed by atoms with Gasteiger partial charge in [-0.1, -0.05) is 84.9 Å². The summed E-state index contributed by atoms with van der Waals surface area (Å²) in [5, 5.41) is 1.05. The van der Waals surface area contributed by atoms with Gasteiger partial charge >= 0.3 is 0 Å². The van der Waals surface area contributed by atoms with Gasteiger partial charge in [0.1, 0.15) is 6.26 Å². The molecule has 0 saturated carbocycles. The fraction of sp³-hybridized carbons (Fsp3) is 0.118. The van der Waals surface area contributed by atoms with Crippen molar-refractivity contribution in [1.29, 1.82) is 0 Å². The van der Waals surface area contributed by atoms with Crippen molar-refractivity contribution in [2.45, 2.75) is 18.9 Å². The zero-order chi connectivity index (χ0) is 26.4. The standard InChI is InChI=1S/C34H29N3O2/c38-34(27-15-8-3-9-16-27)37(22-20-29(25-11-4-1-5-12-25)26-13-6-2-7-14-26)23-28-24-39-33(36-28)31-17-10-18-32-30(31)19-21-35-32/h1-19,21,24,29,35H,20,22-23H2. The van der Waals surface area contributed by atoms with E-state index in [-0.39, 0.29) is 11.8 Å². The van der Waals surface area contributed by atoms with Crippen LogP contribution in [0.2, 0.25) is 0 Å². The number of nitrogens with zero attached hydrogens (tertiary/aromatic N) is 2. The molecule has 6 aromatic rings. The number of fused-ring (bicyclic) bond motifs is 1. The number of benzene rings is 4. The number of H-pyrrole nitrogens is 1. The summed E-state index contributed by atoms with van der Waals surface area (Å²) >= 11 is 0. The van der Waals surface area contributed by atoms with Gasteiger partial charge < -0.3 is 14.3 Å². The number of aromatic nitrogens is 2. The summed E-state index contributed by atoms with van der Waals surface area (Å²) in [5.74, 6) is 0.694. The van der Waals surface area contributed by atoms with Crippen LogP contribution in [0.4, 0.5) is 0 Å². The van der Waals surface area contributed by atoms with Gasteiger partial charge in [0, 0.05) is 40.7 Å². The first-order chi connectivity index (χ1) is 19.3. The normalized spacial score (nSPS) is 11.2. The lowest BCUT2D eigenvalue weighted by molar-refractivity contribution is 0.0737. The van der Waals surface area contributed by atoms with E-state index in [9.17, 15) is 4.79 Å². The lowest BCUT2D eigenvalue weighted by Gasteiger charge is -2.25. The lowest BCUT2D eigenvalue weighted by atomic mass is 9.88. The van der Waals surface area contributed by atoms with Crippen LogP contribution < -0.4 is 0 Å². The molecule has 5 heteroatoms. The molecule has 0 unspecified atom stereocenters. The number of rotatable bonds is 9. The van der Waals surface area contributed by atoms with E-state index < -0.39 is 0 Å². The van der Waals surface area contributed by atoms with Gasteiger partial charge in [-0.2, -0.15) is 0 Å². The third kappa shape index (κ3) is 5.39. The Morgan fingerprint density at radius 3 is 2.15 bits per heavy atom. The van der Waals surface area contributed by atoms with Gasteiger partial charge in [-0.05, 0) is 47.9 Å². The Kier molecular flexibility index (Phi) is 7.04. The highest BCUT2D eigenvalue weighted by molar-refractivity contribution is 5.94. The van der Waals surface area contributed by atoms with Gasteiger partial charge in [0.15, 0.2) is 0 Å². The summed E-state index contributed by atoms with van der Waals surface area (Å²) in [6.45, 7) is 0.925. The van der Waals surface area contributed by atoms with Crippen molar-refractivity contribution in [2.24, 2.45) is 0 Å². The lowest BCUT2D eigenvalue weighted by Crippen LogP contribution is -2.32. The molecule has 1 N–H and O–H groups in total. The van der Waals surface area contributed by atoms with E-state index in [4.69, 9.17) is 9.40 Å². The molecule has 0 atom stereocenters. The number of carbonyl (C=O) groups is 1. The summed E-state index contributed by atoms with van der Waals surface area (Å²) in [5.41, 5.74) is 5.81. The average Bonchev–Trinajstić information content (AvgIpc) is 3.68. The summed E-state index contributed by atoms with van der Waals surface area (Å²) in [6, 6.07) is 38.5. The second-order valence-corrected chi connectivity index (χ2v) is 9.64. The Labute approximate surface area is 227 Å². The summed E-state index contributed by atoms with van der Waals surface area (Å²) in [7, 11) is 0. The van der Waals surface area contributed by atoms with Gasteiger partial charge in [-0.3, -0.25) is 4.79 Å². The molecule has 0 aliphatic heterocycles. The third-order valence-corrected chi connectivity index (χ3v) is 7.13. The number of amides is 1. The number of hydrogen-bond acceptors (Lipinski definition) is 3. The van der Waals surface area contributed by atoms with Crippen LogP contribution in [0.3, 0.4) is 0 Å². The first-order valence-corrected chi connectivity index (χ1v) is 13.2. The molecule has 0 aliphatic carbocycles. The molecule has 5 nitrogen and oxygen atoms in total. The van der Waals surface area contributed by atoms with E-state index in [2.05, 4.69) is 53.5 Å². The zero-order valence-corrected chi connectivity index (χ0v) is 21.5. The van der Waals surface area contributed by atoms with Crippen molar-refractivity contribution < 1.29 is 9.21 Å². The van der Waals surface area contributed by atoms with Gasteiger partial charge in [0.05, 0.1) is 12.2 Å². The Hall–Kier alpha value is -4.90. The molecule has 0 saturated heterocycles. The number of oxazole rings is 1. The molecular weight excluding hydrogens is 482 g/mol. The second kappa shape index (κ2) is 11.2. The fourth-order valence-corrected chi connectivity index (χ4v) is 5.17. The van der Waals surface area contributed by atoms with Crippen molar-refractivity contribution in [3.8, 4) is 11.5 Å². The summed E-state index contributed by atoms with van der Waals surface area (Å²) in [4.78, 5) is 23.6. The third-order valence-electron chi connectivity index (χ3n) is 7.13. The largest absolute Gasteiger partial charge is 0.444 e. The Balaban J connectivity index is 1.28. The van der Waals surface area contributed by atoms with Crippen LogP contribution >= 0.6 is 0 Å². The predicted molar refractivity (Wildman–Crippen MR) is 154 cm³/mol. The molecule has 0 aliphatic rings. The maximum Gasteiger partial charge on any atom is 0.254 e. The van der Waals surface area contributed by atoms with Crippen molar-refractivity contribution in [2.75, 3.05) is 6.54 Å². The minimum absolute atomic E-state index is 0.0206. The molecule has 0 spiro atoms. The Morgan fingerprint density at radius 1 is 0.795 bits per heavy atom. The second-order valence-electron chi connectivity index (χ2n) is 9.64. The molecule has 4 aromatic carbocycles. The minimum atomic E-state index is -0.0206. The fourth-order valence-electron chi connectivity index (χ4n) is 5.17. The molecule has 0 bridgehead atoms. The van der Waals surface area contributed by atoms with E-state index in [0.29, 0.717) is 24.5 Å². The molecule has 2 aromatic heterocycles. The molecule has 192 valence electrons. The van der Waals surface area contributed by atoms with Crippen LogP contribution in [0, 0.1) is 0 Å². The number of hydrogen-bond donors (Lipinski definition) is 1. The molecule has 39 heavy (non-hydrogen) atoms. The van der Waals surface area contributed by atoms with Gasteiger partial charge in [0.25, 0.3) is 5.91 Å². The van der Waals surface area contributed by atoms with Gasteiger partial charge in [-0.25, -0.2) is 4.98 Å². The zero-order valence-electron chi connectivity index (χ0n) is 21.5. The van der Waals surface area contributed by atoms with Crippen LogP contribution in [-0.2, 0) is 6.54 Å². The molecule has 1 amide bonds. The first-order valence-electron chi connectivity index (χ1n) is 13.2. The molecule has 0 fully saturated rings. The Morgan fingerprint density at radius 2 is 1.46 bits per heavy atom. The summed E-state index contributed by atoms with van der Waals surface area (Å²) < 4.78 is 5.92. The predicted octanol–water partition coefficient (Wildman–Crippen LogP) is 7.69. The summed E-state index contributed by atoms with van der Waals surface area (Å²) in [6.07, 6.45) is 4.35. The van der Waals surface area contributed by atoms with Gasteiger partial charge in [-0.15, -0.1) is 0 Å². The number of carbonyl (C=O) groups excluding carboxylic acids is 1. The highest BCUT2D eigenvalue weighted by Gasteiger charge is 2.22. The van der Waals surface area contributed by atoms with Crippen LogP contribution in [0.25, 0.3) is 22.4 Å². The average molecular weight is 512 g/mol. The molecule has 2 heterocycles. The van der Waals surface area contributed by atoms with E-state index in [0.717, 1.165) is 28.6 Å². The maximum absolute atomic E-state index is 13.7. The first kappa shape index (κ1) is 24.4. The Bertz CT molecular complexity index is 1620. The van der Waals surface area contributed by atoms with E-state index >= 15 is 0 Å². The number of aromatic amines is 1.